The van der Waals surface area contributed by atoms with E-state index in [1.165, 1.54) is 5.56 Å². The van der Waals surface area contributed by atoms with Gasteiger partial charge in [0.25, 0.3) is 11.4 Å². The lowest BCUT2D eigenvalue weighted by molar-refractivity contribution is -0.404. The minimum Gasteiger partial charge on any atom is -0.497 e. The van der Waals surface area contributed by atoms with Crippen LogP contribution in [0.15, 0.2) is 77.3 Å². The summed E-state index contributed by atoms with van der Waals surface area (Å²) in [4.78, 5) is 34.1. The van der Waals surface area contributed by atoms with Gasteiger partial charge in [0.2, 0.25) is 11.8 Å². The number of hydrogen-bond acceptors (Lipinski definition) is 10. The molecular weight excluding hydrogens is 474 g/mol. The van der Waals surface area contributed by atoms with Crippen molar-refractivity contribution in [2.45, 2.75) is 6.92 Å². The highest BCUT2D eigenvalue weighted by Crippen LogP contribution is 2.39. The molecule has 1 N–H and O–H groups in total. The standard InChI is InChI=1S/C17H16N2O.C6H3N3O7/c1-13-8-10-15(11-9-13)19(2)16-12-18-17(20-16)14-6-4-3-5-7-14;10-6-4(8(13)14)1-3(7(11)12)2-5(6)9(15)16/h3-12H,1-2H3;1-2,10H. The molecule has 1 heterocycles. The zero-order valence-electron chi connectivity index (χ0n) is 19.0. The van der Waals surface area contributed by atoms with E-state index < -0.39 is 37.6 Å². The van der Waals surface area contributed by atoms with Crippen LogP contribution < -0.4 is 4.90 Å². The lowest BCUT2D eigenvalue weighted by atomic mass is 10.2. The maximum atomic E-state index is 10.4. The number of rotatable bonds is 6. The van der Waals surface area contributed by atoms with Gasteiger partial charge >= 0.3 is 11.4 Å². The first-order valence-corrected chi connectivity index (χ1v) is 10.2. The number of aryl methyl sites for hydroxylation is 1. The quantitative estimate of drug-likeness (QED) is 0.265. The van der Waals surface area contributed by atoms with Crippen molar-refractivity contribution in [2.75, 3.05) is 11.9 Å². The third kappa shape index (κ3) is 5.77. The molecule has 0 amide bonds. The van der Waals surface area contributed by atoms with Crippen LogP contribution in [0.1, 0.15) is 5.56 Å². The number of phenols is 1. The first kappa shape index (κ1) is 25.3. The molecular formula is C23H19N5O8. The number of nitro groups is 3. The lowest BCUT2D eigenvalue weighted by Gasteiger charge is -2.15. The molecule has 0 saturated heterocycles. The van der Waals surface area contributed by atoms with Gasteiger partial charge in [-0.25, -0.2) is 4.98 Å². The summed E-state index contributed by atoms with van der Waals surface area (Å²) in [5, 5.41) is 40.2. The van der Waals surface area contributed by atoms with E-state index in [2.05, 4.69) is 36.2 Å². The molecule has 0 unspecified atom stereocenters. The van der Waals surface area contributed by atoms with E-state index in [4.69, 9.17) is 9.52 Å². The number of hydrogen-bond donors (Lipinski definition) is 1. The van der Waals surface area contributed by atoms with Crippen LogP contribution in [0.3, 0.4) is 0 Å². The summed E-state index contributed by atoms with van der Waals surface area (Å²) in [6, 6.07) is 19.1. The second kappa shape index (κ2) is 10.7. The summed E-state index contributed by atoms with van der Waals surface area (Å²) >= 11 is 0. The van der Waals surface area contributed by atoms with E-state index in [1.807, 2.05) is 42.3 Å². The Bertz CT molecular complexity index is 1370. The molecule has 4 aromatic rings. The summed E-state index contributed by atoms with van der Waals surface area (Å²) in [6.07, 6.45) is 1.75. The Morgan fingerprint density at radius 3 is 1.92 bits per heavy atom. The molecule has 36 heavy (non-hydrogen) atoms. The Morgan fingerprint density at radius 1 is 0.861 bits per heavy atom. The smallest absolute Gasteiger partial charge is 0.324 e. The van der Waals surface area contributed by atoms with E-state index >= 15 is 0 Å². The van der Waals surface area contributed by atoms with Gasteiger partial charge in [-0.15, -0.1) is 0 Å². The molecule has 0 aliphatic rings. The van der Waals surface area contributed by atoms with E-state index in [1.54, 1.807) is 6.20 Å². The molecule has 13 nitrogen and oxygen atoms in total. The lowest BCUT2D eigenvalue weighted by Crippen LogP contribution is -2.07. The van der Waals surface area contributed by atoms with Gasteiger partial charge in [0.05, 0.1) is 33.1 Å². The average Bonchev–Trinajstić information content (AvgIpc) is 3.35. The third-order valence-corrected chi connectivity index (χ3v) is 4.92. The number of nitro benzene ring substituents is 3. The molecule has 13 heteroatoms. The molecule has 3 aromatic carbocycles. The second-order valence-corrected chi connectivity index (χ2v) is 7.37. The van der Waals surface area contributed by atoms with Crippen molar-refractivity contribution in [3.63, 3.8) is 0 Å². The van der Waals surface area contributed by atoms with Gasteiger partial charge in [-0.1, -0.05) is 35.9 Å². The first-order chi connectivity index (χ1) is 17.1. The molecule has 1 aromatic heterocycles. The highest BCUT2D eigenvalue weighted by molar-refractivity contribution is 5.64. The number of nitrogens with zero attached hydrogens (tertiary/aromatic N) is 5. The minimum atomic E-state index is -1.21. The van der Waals surface area contributed by atoms with Crippen molar-refractivity contribution >= 4 is 28.6 Å². The van der Waals surface area contributed by atoms with Crippen molar-refractivity contribution in [1.29, 1.82) is 0 Å². The molecule has 0 spiro atoms. The Hall–Kier alpha value is -5.33. The molecule has 0 aliphatic heterocycles. The summed E-state index contributed by atoms with van der Waals surface area (Å²) in [5.74, 6) is 0.160. The zero-order chi connectivity index (χ0) is 26.4. The number of anilines is 2. The van der Waals surface area contributed by atoms with Crippen molar-refractivity contribution in [3.05, 3.63) is 109 Å². The van der Waals surface area contributed by atoms with Crippen LogP contribution in [0, 0.1) is 37.3 Å². The van der Waals surface area contributed by atoms with Crippen LogP contribution >= 0.6 is 0 Å². The number of aromatic nitrogens is 1. The van der Waals surface area contributed by atoms with Gasteiger partial charge in [-0.05, 0) is 31.2 Å². The summed E-state index contributed by atoms with van der Waals surface area (Å²) < 4.78 is 5.83. The molecule has 0 radical (unpaired) electrons. The topological polar surface area (TPSA) is 179 Å². The molecule has 0 atom stereocenters. The van der Waals surface area contributed by atoms with Crippen LogP contribution in [0.25, 0.3) is 11.5 Å². The van der Waals surface area contributed by atoms with Gasteiger partial charge in [0.1, 0.15) is 0 Å². The zero-order valence-corrected chi connectivity index (χ0v) is 19.0. The number of non-ortho nitro benzene ring substituents is 1. The number of oxazole rings is 1. The van der Waals surface area contributed by atoms with Crippen LogP contribution in [0.5, 0.6) is 5.75 Å². The minimum absolute atomic E-state index is 0.447. The van der Waals surface area contributed by atoms with Crippen molar-refractivity contribution < 1.29 is 24.3 Å². The maximum Gasteiger partial charge on any atom is 0.324 e. The maximum absolute atomic E-state index is 10.4. The number of aromatic hydroxyl groups is 1. The van der Waals surface area contributed by atoms with Gasteiger partial charge in [0, 0.05) is 18.3 Å². The highest BCUT2D eigenvalue weighted by atomic mass is 16.6. The van der Waals surface area contributed by atoms with Crippen LogP contribution in [0.4, 0.5) is 28.6 Å². The van der Waals surface area contributed by atoms with Gasteiger partial charge in [0.15, 0.2) is 0 Å². The van der Waals surface area contributed by atoms with E-state index in [0.29, 0.717) is 18.0 Å². The van der Waals surface area contributed by atoms with E-state index in [0.717, 1.165) is 17.1 Å². The Labute approximate surface area is 203 Å². The van der Waals surface area contributed by atoms with Crippen LogP contribution in [-0.4, -0.2) is 31.9 Å². The Kier molecular flexibility index (Phi) is 7.54. The average molecular weight is 493 g/mol. The van der Waals surface area contributed by atoms with Gasteiger partial charge in [-0.3, -0.25) is 30.3 Å². The Balaban J connectivity index is 0.000000207. The summed E-state index contributed by atoms with van der Waals surface area (Å²) in [6.45, 7) is 2.08. The van der Waals surface area contributed by atoms with Crippen molar-refractivity contribution in [2.24, 2.45) is 0 Å². The van der Waals surface area contributed by atoms with Crippen molar-refractivity contribution in [3.8, 4) is 17.2 Å². The predicted octanol–water partition coefficient (Wildman–Crippen LogP) is 5.53. The summed E-state index contributed by atoms with van der Waals surface area (Å²) in [5.41, 5.74) is 0.296. The fourth-order valence-electron chi connectivity index (χ4n) is 3.00. The molecule has 0 bridgehead atoms. The van der Waals surface area contributed by atoms with E-state index in [-0.39, 0.29) is 0 Å². The summed E-state index contributed by atoms with van der Waals surface area (Å²) in [7, 11) is 1.97. The highest BCUT2D eigenvalue weighted by Gasteiger charge is 2.30. The number of benzene rings is 3. The molecule has 0 aliphatic carbocycles. The van der Waals surface area contributed by atoms with Crippen molar-refractivity contribution in [1.82, 2.24) is 4.98 Å². The predicted molar refractivity (Wildman–Crippen MR) is 129 cm³/mol. The third-order valence-electron chi connectivity index (χ3n) is 4.92. The molecule has 4 rings (SSSR count). The number of phenolic OH excluding ortho intramolecular Hbond substituents is 1. The molecule has 184 valence electrons. The first-order valence-electron chi connectivity index (χ1n) is 10.2. The fraction of sp³-hybridized carbons (Fsp3) is 0.0870. The van der Waals surface area contributed by atoms with E-state index in [9.17, 15) is 30.3 Å². The molecule has 0 fully saturated rings. The van der Waals surface area contributed by atoms with Crippen LogP contribution in [0.2, 0.25) is 0 Å². The monoisotopic (exact) mass is 493 g/mol. The van der Waals surface area contributed by atoms with Gasteiger partial charge in [-0.2, -0.15) is 0 Å². The largest absolute Gasteiger partial charge is 0.497 e. The molecule has 0 saturated carbocycles. The van der Waals surface area contributed by atoms with Crippen LogP contribution in [-0.2, 0) is 0 Å². The SMILES string of the molecule is Cc1ccc(N(C)c2cnc(-c3ccccc3)o2)cc1.O=[N+]([O-])c1cc([N+](=O)[O-])c(O)c([N+](=O)[O-])c1. The Morgan fingerprint density at radius 2 is 1.42 bits per heavy atom. The normalized spacial score (nSPS) is 10.2. The fourth-order valence-corrected chi connectivity index (χ4v) is 3.00. The second-order valence-electron chi connectivity index (χ2n) is 7.37. The van der Waals surface area contributed by atoms with Gasteiger partial charge < -0.3 is 14.4 Å².